The fourth-order valence-electron chi connectivity index (χ4n) is 1.54. The number of rotatable bonds is 3. The molecule has 1 atom stereocenters. The highest BCUT2D eigenvalue weighted by atomic mass is 35.5. The molecule has 0 amide bonds. The second-order valence-electron chi connectivity index (χ2n) is 3.63. The lowest BCUT2D eigenvalue weighted by Gasteiger charge is -2.15. The Morgan fingerprint density at radius 1 is 1.00 bits per heavy atom. The van der Waals surface area contributed by atoms with Gasteiger partial charge in [-0.05, 0) is 30.7 Å². The predicted octanol–water partition coefficient (Wildman–Crippen LogP) is 4.48. The van der Waals surface area contributed by atoms with Crippen molar-refractivity contribution in [2.45, 2.75) is 13.0 Å². The third-order valence-electron chi connectivity index (χ3n) is 2.38. The van der Waals surface area contributed by atoms with Crippen LogP contribution in [0.2, 0.25) is 5.02 Å². The molecule has 1 nitrogen and oxygen atoms in total. The average Bonchev–Trinajstić information content (AvgIpc) is 2.30. The van der Waals surface area contributed by atoms with Crippen molar-refractivity contribution in [3.05, 3.63) is 65.2 Å². The van der Waals surface area contributed by atoms with E-state index in [0.29, 0.717) is 5.02 Å². The maximum absolute atomic E-state index is 5.89. The molecule has 0 aliphatic rings. The normalized spacial score (nSPS) is 12.1. The van der Waals surface area contributed by atoms with Crippen LogP contribution < -0.4 is 4.74 Å². The Morgan fingerprint density at radius 3 is 2.44 bits per heavy atom. The van der Waals surface area contributed by atoms with Crippen LogP contribution >= 0.6 is 11.6 Å². The topological polar surface area (TPSA) is 9.23 Å². The highest BCUT2D eigenvalue weighted by Gasteiger charge is 2.06. The summed E-state index contributed by atoms with van der Waals surface area (Å²) in [6.45, 7) is 2.02. The molecule has 2 aromatic carbocycles. The van der Waals surface area contributed by atoms with Gasteiger partial charge in [0.15, 0.2) is 0 Å². The lowest BCUT2D eigenvalue weighted by Crippen LogP contribution is -2.02. The fourth-order valence-corrected chi connectivity index (χ4v) is 1.72. The van der Waals surface area contributed by atoms with E-state index in [9.17, 15) is 0 Å². The van der Waals surface area contributed by atoms with Crippen LogP contribution in [-0.4, -0.2) is 0 Å². The highest BCUT2D eigenvalue weighted by Crippen LogP contribution is 2.23. The molecule has 0 fully saturated rings. The van der Waals surface area contributed by atoms with E-state index in [4.69, 9.17) is 16.3 Å². The van der Waals surface area contributed by atoms with E-state index in [1.54, 1.807) is 0 Å². The van der Waals surface area contributed by atoms with Crippen molar-refractivity contribution in [3.63, 3.8) is 0 Å². The molecule has 2 aromatic rings. The summed E-state index contributed by atoms with van der Waals surface area (Å²) in [5.41, 5.74) is 1.16. The summed E-state index contributed by atoms with van der Waals surface area (Å²) in [4.78, 5) is 0. The van der Waals surface area contributed by atoms with E-state index in [-0.39, 0.29) is 6.10 Å². The van der Waals surface area contributed by atoms with Crippen LogP contribution in [0.15, 0.2) is 54.6 Å². The first kappa shape index (κ1) is 11.0. The number of hydrogen-bond acceptors (Lipinski definition) is 1. The molecule has 82 valence electrons. The van der Waals surface area contributed by atoms with Crippen molar-refractivity contribution in [2.24, 2.45) is 0 Å². The lowest BCUT2D eigenvalue weighted by atomic mass is 10.1. The van der Waals surface area contributed by atoms with Gasteiger partial charge in [0, 0.05) is 5.02 Å². The maximum Gasteiger partial charge on any atom is 0.121 e. The van der Waals surface area contributed by atoms with Gasteiger partial charge in [-0.1, -0.05) is 48.0 Å². The van der Waals surface area contributed by atoms with E-state index in [1.807, 2.05) is 49.4 Å². The van der Waals surface area contributed by atoms with Gasteiger partial charge in [-0.25, -0.2) is 0 Å². The number of halogens is 1. The molecule has 0 aliphatic heterocycles. The van der Waals surface area contributed by atoms with E-state index >= 15 is 0 Å². The quantitative estimate of drug-likeness (QED) is 0.758. The second-order valence-corrected chi connectivity index (χ2v) is 4.06. The number of ether oxygens (including phenoxy) is 1. The van der Waals surface area contributed by atoms with Crippen LogP contribution in [0, 0.1) is 0 Å². The molecule has 0 saturated carbocycles. The number of hydrogen-bond donors (Lipinski definition) is 0. The van der Waals surface area contributed by atoms with Crippen LogP contribution in [0.3, 0.4) is 0 Å². The minimum atomic E-state index is 0.0275. The van der Waals surface area contributed by atoms with Gasteiger partial charge >= 0.3 is 0 Å². The van der Waals surface area contributed by atoms with E-state index in [0.717, 1.165) is 11.3 Å². The smallest absolute Gasteiger partial charge is 0.121 e. The first-order valence-corrected chi connectivity index (χ1v) is 5.60. The molecule has 2 heteroatoms. The summed E-state index contributed by atoms with van der Waals surface area (Å²) >= 11 is 5.89. The van der Waals surface area contributed by atoms with Gasteiger partial charge in [-0.2, -0.15) is 0 Å². The molecular formula is C14H13ClO. The Labute approximate surface area is 101 Å². The Bertz CT molecular complexity index is 453. The van der Waals surface area contributed by atoms with E-state index in [1.165, 1.54) is 0 Å². The van der Waals surface area contributed by atoms with Crippen molar-refractivity contribution >= 4 is 11.6 Å². The van der Waals surface area contributed by atoms with Crippen molar-refractivity contribution in [1.29, 1.82) is 0 Å². The minimum Gasteiger partial charge on any atom is -0.486 e. The zero-order valence-electron chi connectivity index (χ0n) is 9.06. The second kappa shape index (κ2) is 5.04. The van der Waals surface area contributed by atoms with Crippen molar-refractivity contribution in [1.82, 2.24) is 0 Å². The van der Waals surface area contributed by atoms with Crippen LogP contribution in [0.25, 0.3) is 0 Å². The molecule has 1 unspecified atom stereocenters. The largest absolute Gasteiger partial charge is 0.486 e. The third-order valence-corrected chi connectivity index (χ3v) is 2.61. The predicted molar refractivity (Wildman–Crippen MR) is 66.9 cm³/mol. The Balaban J connectivity index is 2.11. The zero-order chi connectivity index (χ0) is 11.4. The zero-order valence-corrected chi connectivity index (χ0v) is 9.82. The minimum absolute atomic E-state index is 0.0275. The molecule has 0 spiro atoms. The summed E-state index contributed by atoms with van der Waals surface area (Å²) < 4.78 is 5.80. The Kier molecular flexibility index (Phi) is 3.47. The van der Waals surface area contributed by atoms with Crippen LogP contribution in [0.5, 0.6) is 5.75 Å². The molecule has 0 heterocycles. The molecular weight excluding hydrogens is 220 g/mol. The van der Waals surface area contributed by atoms with Crippen LogP contribution in [-0.2, 0) is 0 Å². The highest BCUT2D eigenvalue weighted by molar-refractivity contribution is 6.30. The van der Waals surface area contributed by atoms with Crippen molar-refractivity contribution in [2.75, 3.05) is 0 Å². The van der Waals surface area contributed by atoms with Crippen molar-refractivity contribution < 1.29 is 4.74 Å². The first-order valence-electron chi connectivity index (χ1n) is 5.23. The maximum atomic E-state index is 5.89. The number of benzene rings is 2. The van der Waals surface area contributed by atoms with Gasteiger partial charge < -0.3 is 4.74 Å². The average molecular weight is 233 g/mol. The van der Waals surface area contributed by atoms with Crippen molar-refractivity contribution in [3.8, 4) is 5.75 Å². The first-order chi connectivity index (χ1) is 7.75. The monoisotopic (exact) mass is 232 g/mol. The van der Waals surface area contributed by atoms with Crippen LogP contribution in [0.4, 0.5) is 0 Å². The molecule has 2 rings (SSSR count). The fraction of sp³-hybridized carbons (Fsp3) is 0.143. The molecule has 16 heavy (non-hydrogen) atoms. The van der Waals surface area contributed by atoms with Gasteiger partial charge in [0.25, 0.3) is 0 Å². The van der Waals surface area contributed by atoms with Crippen LogP contribution in [0.1, 0.15) is 18.6 Å². The van der Waals surface area contributed by atoms with Gasteiger partial charge in [0.2, 0.25) is 0 Å². The summed E-state index contributed by atoms with van der Waals surface area (Å²) in [5, 5.41) is 0.692. The van der Waals surface area contributed by atoms with Gasteiger partial charge in [-0.15, -0.1) is 0 Å². The molecule has 0 saturated heterocycles. The van der Waals surface area contributed by atoms with Gasteiger partial charge in [0.05, 0.1) is 0 Å². The third kappa shape index (κ3) is 2.77. The molecule has 0 N–H and O–H groups in total. The molecule has 0 radical (unpaired) electrons. The molecule has 0 bridgehead atoms. The summed E-state index contributed by atoms with van der Waals surface area (Å²) in [6, 6.07) is 17.6. The molecule has 0 aliphatic carbocycles. The lowest BCUT2D eigenvalue weighted by molar-refractivity contribution is 0.227. The summed E-state index contributed by atoms with van der Waals surface area (Å²) in [6.07, 6.45) is 0.0275. The van der Waals surface area contributed by atoms with Gasteiger partial charge in [0.1, 0.15) is 11.9 Å². The Hall–Kier alpha value is -1.47. The summed E-state index contributed by atoms with van der Waals surface area (Å²) in [5.74, 6) is 0.795. The Morgan fingerprint density at radius 2 is 1.75 bits per heavy atom. The standard InChI is InChI=1S/C14H13ClO/c1-11(12-6-3-2-4-7-12)16-14-9-5-8-13(15)10-14/h2-11H,1H3. The van der Waals surface area contributed by atoms with E-state index < -0.39 is 0 Å². The SMILES string of the molecule is CC(Oc1cccc(Cl)c1)c1ccccc1. The summed E-state index contributed by atoms with van der Waals surface area (Å²) in [7, 11) is 0. The molecule has 0 aromatic heterocycles. The van der Waals surface area contributed by atoms with Gasteiger partial charge in [-0.3, -0.25) is 0 Å². The van der Waals surface area contributed by atoms with E-state index in [2.05, 4.69) is 12.1 Å².